The maximum atomic E-state index is 13.2. The number of H-pyrrole nitrogens is 1. The lowest BCUT2D eigenvalue weighted by molar-refractivity contribution is -0.0504. The van der Waals surface area contributed by atoms with Gasteiger partial charge in [-0.3, -0.25) is 4.79 Å². The number of carbonyl (C=O) groups is 1. The third-order valence-corrected chi connectivity index (χ3v) is 3.46. The van der Waals surface area contributed by atoms with Crippen LogP contribution in [0.3, 0.4) is 0 Å². The van der Waals surface area contributed by atoms with E-state index in [0.29, 0.717) is 16.5 Å². The topological polar surface area (TPSA) is 54.1 Å². The van der Waals surface area contributed by atoms with Gasteiger partial charge < -0.3 is 15.0 Å². The predicted molar refractivity (Wildman–Crippen MR) is 82.5 cm³/mol. The van der Waals surface area contributed by atoms with Gasteiger partial charge in [-0.15, -0.1) is 0 Å². The number of aromatic amines is 1. The Balaban J connectivity index is 1.73. The minimum absolute atomic E-state index is 0.00604. The van der Waals surface area contributed by atoms with Gasteiger partial charge in [0.05, 0.1) is 0 Å². The number of benzene rings is 2. The summed E-state index contributed by atoms with van der Waals surface area (Å²) in [6, 6.07) is 11.9. The van der Waals surface area contributed by atoms with Crippen molar-refractivity contribution in [2.24, 2.45) is 0 Å². The molecule has 0 saturated heterocycles. The van der Waals surface area contributed by atoms with Crippen LogP contribution in [0.15, 0.2) is 48.5 Å². The third-order valence-electron chi connectivity index (χ3n) is 3.46. The molecule has 1 heterocycles. The largest absolute Gasteiger partial charge is 0.434 e. The van der Waals surface area contributed by atoms with Crippen molar-refractivity contribution in [2.45, 2.75) is 13.2 Å². The molecule has 0 fully saturated rings. The highest BCUT2D eigenvalue weighted by Crippen LogP contribution is 2.20. The number of aromatic nitrogens is 1. The van der Waals surface area contributed by atoms with Gasteiger partial charge in [0.25, 0.3) is 5.91 Å². The zero-order valence-corrected chi connectivity index (χ0v) is 12.4. The highest BCUT2D eigenvalue weighted by molar-refractivity contribution is 5.98. The molecule has 124 valence electrons. The number of fused-ring (bicyclic) bond motifs is 1. The van der Waals surface area contributed by atoms with Crippen molar-refractivity contribution in [3.8, 4) is 5.75 Å². The molecule has 1 aromatic heterocycles. The van der Waals surface area contributed by atoms with Gasteiger partial charge in [-0.25, -0.2) is 4.39 Å². The number of hydrogen-bond acceptors (Lipinski definition) is 2. The summed E-state index contributed by atoms with van der Waals surface area (Å²) in [5, 5.41) is 3.19. The van der Waals surface area contributed by atoms with Crippen LogP contribution in [0, 0.1) is 5.82 Å². The summed E-state index contributed by atoms with van der Waals surface area (Å²) in [6.07, 6.45) is 0. The summed E-state index contributed by atoms with van der Waals surface area (Å²) in [4.78, 5) is 15.1. The summed E-state index contributed by atoms with van der Waals surface area (Å²) in [5.41, 5.74) is 1.30. The van der Waals surface area contributed by atoms with E-state index < -0.39 is 18.3 Å². The average molecular weight is 334 g/mol. The first-order valence-electron chi connectivity index (χ1n) is 7.12. The monoisotopic (exact) mass is 334 g/mol. The van der Waals surface area contributed by atoms with Crippen LogP contribution in [0.5, 0.6) is 5.75 Å². The lowest BCUT2D eigenvalue weighted by Crippen LogP contribution is -2.23. The number of ether oxygens (including phenoxy) is 1. The molecule has 1 amide bonds. The highest BCUT2D eigenvalue weighted by atomic mass is 19.3. The molecular formula is C17H13F3N2O2. The number of rotatable bonds is 5. The number of amides is 1. The molecule has 0 bridgehead atoms. The summed E-state index contributed by atoms with van der Waals surface area (Å²) in [7, 11) is 0. The Morgan fingerprint density at radius 1 is 1.17 bits per heavy atom. The molecule has 0 aliphatic carbocycles. The van der Waals surface area contributed by atoms with Crippen molar-refractivity contribution in [3.63, 3.8) is 0 Å². The summed E-state index contributed by atoms with van der Waals surface area (Å²) in [5.74, 6) is -0.823. The fourth-order valence-electron chi connectivity index (χ4n) is 2.36. The molecule has 7 heteroatoms. The van der Waals surface area contributed by atoms with E-state index in [1.54, 1.807) is 18.2 Å². The molecule has 2 aromatic carbocycles. The van der Waals surface area contributed by atoms with Gasteiger partial charge in [-0.05, 0) is 30.3 Å². The van der Waals surface area contributed by atoms with Crippen molar-refractivity contribution in [3.05, 3.63) is 65.6 Å². The van der Waals surface area contributed by atoms with Gasteiger partial charge in [-0.2, -0.15) is 8.78 Å². The van der Waals surface area contributed by atoms with Crippen molar-refractivity contribution in [2.75, 3.05) is 0 Å². The molecule has 24 heavy (non-hydrogen) atoms. The van der Waals surface area contributed by atoms with Crippen molar-refractivity contribution < 1.29 is 22.7 Å². The van der Waals surface area contributed by atoms with Crippen LogP contribution < -0.4 is 10.1 Å². The smallest absolute Gasteiger partial charge is 0.387 e. The number of hydrogen-bond donors (Lipinski definition) is 2. The van der Waals surface area contributed by atoms with E-state index in [1.807, 2.05) is 0 Å². The second kappa shape index (κ2) is 6.66. The van der Waals surface area contributed by atoms with Gasteiger partial charge in [0.1, 0.15) is 17.3 Å². The summed E-state index contributed by atoms with van der Waals surface area (Å²) >= 11 is 0. The zero-order chi connectivity index (χ0) is 17.1. The molecule has 2 N–H and O–H groups in total. The molecule has 0 unspecified atom stereocenters. The number of carbonyl (C=O) groups excluding carboxylic acids is 1. The first-order valence-corrected chi connectivity index (χ1v) is 7.12. The van der Waals surface area contributed by atoms with E-state index in [9.17, 15) is 18.0 Å². The normalized spacial score (nSPS) is 11.0. The van der Waals surface area contributed by atoms with E-state index in [1.165, 1.54) is 30.3 Å². The maximum Gasteiger partial charge on any atom is 0.387 e. The van der Waals surface area contributed by atoms with Crippen molar-refractivity contribution in [1.29, 1.82) is 0 Å². The first kappa shape index (κ1) is 15.9. The van der Waals surface area contributed by atoms with E-state index in [-0.39, 0.29) is 18.0 Å². The SMILES string of the molecule is O=C(NCc1ccccc1OC(F)F)c1cc2cc(F)ccc2[nH]1. The second-order valence-electron chi connectivity index (χ2n) is 5.08. The fraction of sp³-hybridized carbons (Fsp3) is 0.118. The van der Waals surface area contributed by atoms with Gasteiger partial charge in [0.2, 0.25) is 0 Å². The van der Waals surface area contributed by atoms with Crippen LogP contribution in [0.1, 0.15) is 16.1 Å². The Morgan fingerprint density at radius 2 is 1.96 bits per heavy atom. The van der Waals surface area contributed by atoms with E-state index in [0.717, 1.165) is 0 Å². The van der Waals surface area contributed by atoms with Crippen LogP contribution in [0.4, 0.5) is 13.2 Å². The molecule has 3 rings (SSSR count). The number of para-hydroxylation sites is 1. The quantitative estimate of drug-likeness (QED) is 0.745. The lowest BCUT2D eigenvalue weighted by atomic mass is 10.2. The van der Waals surface area contributed by atoms with Gasteiger partial charge in [0, 0.05) is 23.0 Å². The van der Waals surface area contributed by atoms with Crippen molar-refractivity contribution >= 4 is 16.8 Å². The Kier molecular flexibility index (Phi) is 4.41. The minimum atomic E-state index is -2.94. The maximum absolute atomic E-state index is 13.2. The number of alkyl halides is 2. The van der Waals surface area contributed by atoms with Gasteiger partial charge in [-0.1, -0.05) is 18.2 Å². The molecule has 4 nitrogen and oxygen atoms in total. The Morgan fingerprint density at radius 3 is 2.75 bits per heavy atom. The van der Waals surface area contributed by atoms with E-state index >= 15 is 0 Å². The fourth-order valence-corrected chi connectivity index (χ4v) is 2.36. The molecule has 0 radical (unpaired) electrons. The third kappa shape index (κ3) is 3.51. The van der Waals surface area contributed by atoms with Crippen LogP contribution in [0.2, 0.25) is 0 Å². The molecule has 0 aliphatic rings. The molecule has 0 saturated carbocycles. The Bertz CT molecular complexity index is 877. The van der Waals surface area contributed by atoms with Gasteiger partial charge in [0.15, 0.2) is 0 Å². The molecule has 0 atom stereocenters. The number of halogens is 3. The average Bonchev–Trinajstić information content (AvgIpc) is 2.96. The van der Waals surface area contributed by atoms with Crippen LogP contribution in [0.25, 0.3) is 10.9 Å². The minimum Gasteiger partial charge on any atom is -0.434 e. The van der Waals surface area contributed by atoms with E-state index in [4.69, 9.17) is 0 Å². The Hall–Kier alpha value is -2.96. The summed E-state index contributed by atoms with van der Waals surface area (Å²) < 4.78 is 42.3. The second-order valence-corrected chi connectivity index (χ2v) is 5.08. The molecule has 0 aliphatic heterocycles. The highest BCUT2D eigenvalue weighted by Gasteiger charge is 2.12. The lowest BCUT2D eigenvalue weighted by Gasteiger charge is -2.11. The van der Waals surface area contributed by atoms with Gasteiger partial charge >= 0.3 is 6.61 Å². The Labute approximate surface area is 135 Å². The van der Waals surface area contributed by atoms with Crippen LogP contribution in [-0.2, 0) is 6.54 Å². The molecule has 0 spiro atoms. The van der Waals surface area contributed by atoms with Crippen LogP contribution in [-0.4, -0.2) is 17.5 Å². The molecule has 3 aromatic rings. The standard InChI is InChI=1S/C17H13F3N2O2/c18-12-5-6-13-11(7-12)8-14(22-13)16(23)21-9-10-3-1-2-4-15(10)24-17(19)20/h1-8,17,22H,9H2,(H,21,23). The predicted octanol–water partition coefficient (Wildman–Crippen LogP) is 3.84. The van der Waals surface area contributed by atoms with Crippen molar-refractivity contribution in [1.82, 2.24) is 10.3 Å². The first-order chi connectivity index (χ1) is 11.5. The van der Waals surface area contributed by atoms with Crippen LogP contribution >= 0.6 is 0 Å². The summed E-state index contributed by atoms with van der Waals surface area (Å²) in [6.45, 7) is -2.92. The number of nitrogens with one attached hydrogen (secondary N) is 2. The zero-order valence-electron chi connectivity index (χ0n) is 12.4. The molecular weight excluding hydrogens is 321 g/mol. The van der Waals surface area contributed by atoms with E-state index in [2.05, 4.69) is 15.0 Å².